The molecule has 5 nitrogen and oxygen atoms in total. The highest BCUT2D eigenvalue weighted by Gasteiger charge is 2.27. The van der Waals surface area contributed by atoms with E-state index in [1.807, 2.05) is 24.3 Å². The molecular weight excluding hydrogens is 379 g/mol. The number of fused-ring (bicyclic) bond motifs is 1. The van der Waals surface area contributed by atoms with Crippen molar-refractivity contribution in [3.8, 4) is 17.0 Å². The Morgan fingerprint density at radius 3 is 2.71 bits per heavy atom. The van der Waals surface area contributed by atoms with Crippen LogP contribution in [-0.2, 0) is 0 Å². The fourth-order valence-corrected chi connectivity index (χ4v) is 3.58. The van der Waals surface area contributed by atoms with Gasteiger partial charge in [0.15, 0.2) is 0 Å². The van der Waals surface area contributed by atoms with Crippen LogP contribution in [0, 0.1) is 0 Å². The number of benzene rings is 1. The zero-order chi connectivity index (χ0) is 14.4. The minimum Gasteiger partial charge on any atom is -0.507 e. The predicted octanol–water partition coefficient (Wildman–Crippen LogP) is 3.01. The molecule has 0 unspecified atom stereocenters. The van der Waals surface area contributed by atoms with Crippen molar-refractivity contribution in [2.75, 3.05) is 13.1 Å². The van der Waals surface area contributed by atoms with E-state index in [1.54, 1.807) is 12.1 Å². The van der Waals surface area contributed by atoms with Gasteiger partial charge in [0.05, 0.1) is 17.3 Å². The molecule has 6 heteroatoms. The van der Waals surface area contributed by atoms with Gasteiger partial charge in [0.25, 0.3) is 0 Å². The number of rotatable bonds is 2. The Balaban J connectivity index is 1.82. The average Bonchev–Trinajstić information content (AvgIpc) is 2.87. The number of nitrogens with zero attached hydrogens (tertiary/aromatic N) is 4. The van der Waals surface area contributed by atoms with Gasteiger partial charge in [-0.3, -0.25) is 0 Å². The third-order valence-electron chi connectivity index (χ3n) is 3.86. The number of phenols is 1. The third-order valence-corrected chi connectivity index (χ3v) is 4.65. The summed E-state index contributed by atoms with van der Waals surface area (Å²) < 4.78 is 4.51. The normalized spacial score (nSPS) is 16.2. The molecule has 3 aromatic rings. The van der Waals surface area contributed by atoms with E-state index in [0.717, 1.165) is 24.1 Å². The minimum atomic E-state index is 0.228. The molecule has 2 aromatic heterocycles. The second-order valence-electron chi connectivity index (χ2n) is 5.22. The van der Waals surface area contributed by atoms with E-state index < -0.39 is 0 Å². The molecule has 1 aliphatic rings. The van der Waals surface area contributed by atoms with Crippen LogP contribution in [0.4, 0.5) is 0 Å². The van der Waals surface area contributed by atoms with E-state index in [1.165, 1.54) is 0 Å². The summed E-state index contributed by atoms with van der Waals surface area (Å²) >= 11 is 2.34. The van der Waals surface area contributed by atoms with Gasteiger partial charge >= 0.3 is 0 Å². The van der Waals surface area contributed by atoms with E-state index in [2.05, 4.69) is 46.9 Å². The van der Waals surface area contributed by atoms with Gasteiger partial charge in [-0.1, -0.05) is 12.1 Å². The quantitative estimate of drug-likeness (QED) is 0.538. The molecule has 0 aliphatic carbocycles. The summed E-state index contributed by atoms with van der Waals surface area (Å²) in [7, 11) is 0. The van der Waals surface area contributed by atoms with Crippen LogP contribution < -0.4 is 0 Å². The topological polar surface area (TPSA) is 54.2 Å². The van der Waals surface area contributed by atoms with Crippen molar-refractivity contribution in [3.05, 3.63) is 42.6 Å². The molecule has 0 amide bonds. The molecule has 4 rings (SSSR count). The van der Waals surface area contributed by atoms with Crippen LogP contribution in [0.1, 0.15) is 6.04 Å². The monoisotopic (exact) mass is 392 g/mol. The van der Waals surface area contributed by atoms with E-state index in [0.29, 0.717) is 17.3 Å². The van der Waals surface area contributed by atoms with Crippen molar-refractivity contribution in [1.29, 1.82) is 0 Å². The molecule has 1 fully saturated rings. The molecule has 0 spiro atoms. The van der Waals surface area contributed by atoms with Crippen LogP contribution in [0.25, 0.3) is 22.3 Å². The van der Waals surface area contributed by atoms with Gasteiger partial charge in [0.2, 0.25) is 0 Å². The first-order valence-electron chi connectivity index (χ1n) is 6.76. The number of hydrogen-bond acceptors (Lipinski definition) is 4. The third kappa shape index (κ3) is 2.18. The summed E-state index contributed by atoms with van der Waals surface area (Å²) in [6.45, 7) is 2.08. The first-order valence-corrected chi connectivity index (χ1v) is 7.72. The lowest BCUT2D eigenvalue weighted by Crippen LogP contribution is -2.40. The fourth-order valence-electron chi connectivity index (χ4n) is 2.67. The zero-order valence-electron chi connectivity index (χ0n) is 11.1. The van der Waals surface area contributed by atoms with Gasteiger partial charge in [-0.25, -0.2) is 3.11 Å². The lowest BCUT2D eigenvalue weighted by molar-refractivity contribution is 0.250. The Bertz CT molecular complexity index is 810. The van der Waals surface area contributed by atoms with Crippen LogP contribution in [-0.4, -0.2) is 36.1 Å². The zero-order valence-corrected chi connectivity index (χ0v) is 13.3. The highest BCUT2D eigenvalue weighted by molar-refractivity contribution is 14.1. The largest absolute Gasteiger partial charge is 0.507 e. The van der Waals surface area contributed by atoms with Gasteiger partial charge in [-0.15, -0.1) is 10.2 Å². The number of aromatic hydroxyl groups is 1. The summed E-state index contributed by atoms with van der Waals surface area (Å²) in [5.74, 6) is 0.228. The predicted molar refractivity (Wildman–Crippen MR) is 89.3 cm³/mol. The molecule has 21 heavy (non-hydrogen) atoms. The van der Waals surface area contributed by atoms with Gasteiger partial charge in [-0.2, -0.15) is 0 Å². The Morgan fingerprint density at radius 1 is 1.14 bits per heavy atom. The average molecular weight is 392 g/mol. The first kappa shape index (κ1) is 13.0. The van der Waals surface area contributed by atoms with Crippen molar-refractivity contribution in [2.45, 2.75) is 6.04 Å². The summed E-state index contributed by atoms with van der Waals surface area (Å²) in [4.78, 5) is 0. The van der Waals surface area contributed by atoms with Crippen molar-refractivity contribution in [2.24, 2.45) is 0 Å². The molecule has 3 heterocycles. The van der Waals surface area contributed by atoms with Crippen LogP contribution in [0.2, 0.25) is 0 Å². The number of halogens is 1. The maximum absolute atomic E-state index is 9.97. The number of phenolic OH excluding ortho intramolecular Hbond substituents is 1. The number of para-hydroxylation sites is 1. The SMILES string of the molecule is Oc1ccccc1-c1cc2c(ccn2C2CN(I)C2)nn1. The summed E-state index contributed by atoms with van der Waals surface area (Å²) in [6, 6.07) is 11.7. The Labute approximate surface area is 135 Å². The van der Waals surface area contributed by atoms with E-state index in [-0.39, 0.29) is 5.75 Å². The lowest BCUT2D eigenvalue weighted by atomic mass is 10.1. The van der Waals surface area contributed by atoms with Crippen LogP contribution >= 0.6 is 22.9 Å². The molecule has 0 saturated carbocycles. The molecule has 106 valence electrons. The van der Waals surface area contributed by atoms with E-state index in [9.17, 15) is 5.11 Å². The van der Waals surface area contributed by atoms with Crippen molar-refractivity contribution < 1.29 is 5.11 Å². The highest BCUT2D eigenvalue weighted by Crippen LogP contribution is 2.31. The fraction of sp³-hybridized carbons (Fsp3) is 0.200. The molecule has 1 aliphatic heterocycles. The second kappa shape index (κ2) is 4.96. The number of hydrogen-bond donors (Lipinski definition) is 1. The smallest absolute Gasteiger partial charge is 0.125 e. The molecule has 0 bridgehead atoms. The molecule has 1 N–H and O–H groups in total. The molecule has 1 aromatic carbocycles. The molecule has 0 radical (unpaired) electrons. The molecular formula is C15H13IN4O. The van der Waals surface area contributed by atoms with Crippen molar-refractivity contribution in [1.82, 2.24) is 17.9 Å². The van der Waals surface area contributed by atoms with Gasteiger partial charge < -0.3 is 9.67 Å². The van der Waals surface area contributed by atoms with E-state index in [4.69, 9.17) is 0 Å². The van der Waals surface area contributed by atoms with E-state index >= 15 is 0 Å². The molecule has 0 atom stereocenters. The lowest BCUT2D eigenvalue weighted by Gasteiger charge is -2.35. The second-order valence-corrected chi connectivity index (χ2v) is 6.59. The maximum Gasteiger partial charge on any atom is 0.125 e. The van der Waals surface area contributed by atoms with Gasteiger partial charge in [-0.05, 0) is 24.3 Å². The van der Waals surface area contributed by atoms with Crippen LogP contribution in [0.5, 0.6) is 5.75 Å². The van der Waals surface area contributed by atoms with Crippen LogP contribution in [0.3, 0.4) is 0 Å². The summed E-state index contributed by atoms with van der Waals surface area (Å²) in [5, 5.41) is 18.5. The van der Waals surface area contributed by atoms with Gasteiger partial charge in [0, 0.05) is 47.7 Å². The number of aromatic nitrogens is 3. The Hall–Kier alpha value is -1.67. The van der Waals surface area contributed by atoms with Crippen molar-refractivity contribution >= 4 is 33.9 Å². The van der Waals surface area contributed by atoms with Crippen molar-refractivity contribution in [3.63, 3.8) is 0 Å². The first-order chi connectivity index (χ1) is 10.2. The summed E-state index contributed by atoms with van der Waals surface area (Å²) in [5.41, 5.74) is 3.37. The Kier molecular flexibility index (Phi) is 3.07. The highest BCUT2D eigenvalue weighted by atomic mass is 127. The minimum absolute atomic E-state index is 0.228. The standard InChI is InChI=1S/C15H13IN4O/c16-19-8-10(9-19)20-6-5-12-14(20)7-13(18-17-12)11-3-1-2-4-15(11)21/h1-7,10,21H,8-9H2. The molecule has 1 saturated heterocycles. The van der Waals surface area contributed by atoms with Crippen LogP contribution in [0.15, 0.2) is 42.6 Å². The Morgan fingerprint density at radius 2 is 1.95 bits per heavy atom. The van der Waals surface area contributed by atoms with Gasteiger partial charge in [0.1, 0.15) is 11.3 Å². The maximum atomic E-state index is 9.97. The summed E-state index contributed by atoms with van der Waals surface area (Å²) in [6.07, 6.45) is 2.07.